The molecular formula is C40H40O11. The fourth-order valence-electron chi connectivity index (χ4n) is 4.78. The summed E-state index contributed by atoms with van der Waals surface area (Å²) in [5, 5.41) is 1.72. The van der Waals surface area contributed by atoms with Crippen molar-refractivity contribution in [2.45, 2.75) is 32.6 Å². The fraction of sp³-hybridized carbons (Fsp3) is 0.250. The smallest absolute Gasteiger partial charge is 0.343 e. The maximum absolute atomic E-state index is 13.1. The number of benzene rings is 4. The summed E-state index contributed by atoms with van der Waals surface area (Å²) in [6.45, 7) is 6.13. The first-order valence-corrected chi connectivity index (χ1v) is 16.2. The van der Waals surface area contributed by atoms with Crippen molar-refractivity contribution in [1.29, 1.82) is 0 Å². The molecule has 0 fully saturated rings. The van der Waals surface area contributed by atoms with E-state index in [1.807, 2.05) is 24.3 Å². The lowest BCUT2D eigenvalue weighted by molar-refractivity contribution is -0.139. The third-order valence-corrected chi connectivity index (χ3v) is 7.54. The molecule has 11 heteroatoms. The van der Waals surface area contributed by atoms with E-state index in [0.717, 1.165) is 42.2 Å². The van der Waals surface area contributed by atoms with E-state index < -0.39 is 17.9 Å². The van der Waals surface area contributed by atoms with Gasteiger partial charge in [-0.25, -0.2) is 19.2 Å². The van der Waals surface area contributed by atoms with E-state index in [2.05, 4.69) is 11.3 Å². The molecule has 0 spiro atoms. The summed E-state index contributed by atoms with van der Waals surface area (Å²) < 4.78 is 37.6. The van der Waals surface area contributed by atoms with Crippen molar-refractivity contribution in [3.05, 3.63) is 108 Å². The lowest BCUT2D eigenvalue weighted by atomic mass is 10.1. The average Bonchev–Trinajstić information content (AvgIpc) is 3.14. The van der Waals surface area contributed by atoms with Crippen molar-refractivity contribution in [2.75, 3.05) is 34.5 Å². The minimum atomic E-state index is -0.695. The maximum atomic E-state index is 13.1. The van der Waals surface area contributed by atoms with Gasteiger partial charge in [0.2, 0.25) is 0 Å². The van der Waals surface area contributed by atoms with Gasteiger partial charge in [-0.1, -0.05) is 24.8 Å². The highest BCUT2D eigenvalue weighted by atomic mass is 16.6. The van der Waals surface area contributed by atoms with Gasteiger partial charge in [-0.15, -0.1) is 0 Å². The summed E-state index contributed by atoms with van der Waals surface area (Å²) in [5.41, 5.74) is 1.50. The van der Waals surface area contributed by atoms with E-state index >= 15 is 0 Å². The van der Waals surface area contributed by atoms with Gasteiger partial charge in [-0.2, -0.15) is 0 Å². The SMILES string of the molecule is C=C(C)C(=O)OCCCCCCOc1ccc2cc(C(=O)Oc3ccc(C(=O)Oc4ccc(/C=C/C(=O)OC)cc4OC)cc3OC)ccc2c1. The standard InChI is InChI=1S/C40H40O11/c1-26(2)38(42)49-21-9-7-6-8-20-48-32-16-14-28-23-30(13-12-29(28)24-32)39(43)51-34-18-15-31(25-36(34)46-4)40(44)50-33-17-10-27(22-35(33)45-3)11-19-37(41)47-5/h10-19,22-25H,1,6-9,20-21H2,2-5H3/b19-11+. The zero-order chi connectivity index (χ0) is 36.8. The molecule has 11 nitrogen and oxygen atoms in total. The van der Waals surface area contributed by atoms with Crippen LogP contribution in [0.4, 0.5) is 0 Å². The molecule has 0 saturated carbocycles. The molecular weight excluding hydrogens is 656 g/mol. The van der Waals surface area contributed by atoms with Crippen LogP contribution < -0.4 is 23.7 Å². The Kier molecular flexibility index (Phi) is 13.8. The molecule has 0 atom stereocenters. The van der Waals surface area contributed by atoms with Crippen LogP contribution in [0, 0.1) is 0 Å². The lowest BCUT2D eigenvalue weighted by Gasteiger charge is -2.13. The third-order valence-electron chi connectivity index (χ3n) is 7.54. The summed E-state index contributed by atoms with van der Waals surface area (Å²) >= 11 is 0. The van der Waals surface area contributed by atoms with E-state index in [1.165, 1.54) is 57.7 Å². The Morgan fingerprint density at radius 2 is 1.24 bits per heavy atom. The highest BCUT2D eigenvalue weighted by Gasteiger charge is 2.18. The van der Waals surface area contributed by atoms with Crippen LogP contribution in [-0.4, -0.2) is 58.4 Å². The number of methoxy groups -OCH3 is 3. The van der Waals surface area contributed by atoms with Gasteiger partial charge < -0.3 is 33.2 Å². The van der Waals surface area contributed by atoms with Crippen LogP contribution in [0.25, 0.3) is 16.8 Å². The molecule has 0 radical (unpaired) electrons. The van der Waals surface area contributed by atoms with E-state index in [9.17, 15) is 19.2 Å². The molecule has 0 aliphatic carbocycles. The van der Waals surface area contributed by atoms with Gasteiger partial charge in [0.05, 0.1) is 45.7 Å². The Morgan fingerprint density at radius 3 is 1.90 bits per heavy atom. The van der Waals surface area contributed by atoms with Gasteiger partial charge in [0.1, 0.15) is 5.75 Å². The van der Waals surface area contributed by atoms with Crippen LogP contribution >= 0.6 is 0 Å². The molecule has 0 aliphatic rings. The largest absolute Gasteiger partial charge is 0.494 e. The van der Waals surface area contributed by atoms with Gasteiger partial charge in [0.15, 0.2) is 23.0 Å². The molecule has 0 aliphatic heterocycles. The Labute approximate surface area is 296 Å². The second kappa shape index (κ2) is 18.6. The fourth-order valence-corrected chi connectivity index (χ4v) is 4.78. The number of hydrogen-bond acceptors (Lipinski definition) is 11. The number of rotatable bonds is 17. The summed E-state index contributed by atoms with van der Waals surface area (Å²) in [4.78, 5) is 48.9. The number of hydrogen-bond donors (Lipinski definition) is 0. The van der Waals surface area contributed by atoms with E-state index in [-0.39, 0.29) is 34.5 Å². The van der Waals surface area contributed by atoms with Crippen molar-refractivity contribution in [3.63, 3.8) is 0 Å². The van der Waals surface area contributed by atoms with Gasteiger partial charge in [0.25, 0.3) is 0 Å². The molecule has 4 aromatic rings. The first-order valence-electron chi connectivity index (χ1n) is 16.2. The number of carbonyl (C=O) groups is 4. The van der Waals surface area contributed by atoms with Crippen LogP contribution in [-0.2, 0) is 19.1 Å². The molecule has 0 N–H and O–H groups in total. The molecule has 266 valence electrons. The highest BCUT2D eigenvalue weighted by Crippen LogP contribution is 2.32. The van der Waals surface area contributed by atoms with E-state index in [0.29, 0.717) is 29.9 Å². The normalized spacial score (nSPS) is 10.7. The lowest BCUT2D eigenvalue weighted by Crippen LogP contribution is -2.12. The molecule has 0 heterocycles. The van der Waals surface area contributed by atoms with Crippen LogP contribution in [0.3, 0.4) is 0 Å². The van der Waals surface area contributed by atoms with E-state index in [1.54, 1.807) is 31.2 Å². The molecule has 0 amide bonds. The van der Waals surface area contributed by atoms with Gasteiger partial charge in [-0.3, -0.25) is 0 Å². The molecule has 4 rings (SSSR count). The first kappa shape index (κ1) is 37.7. The number of carbonyl (C=O) groups excluding carboxylic acids is 4. The van der Waals surface area contributed by atoms with Crippen LogP contribution in [0.1, 0.15) is 58.9 Å². The predicted molar refractivity (Wildman–Crippen MR) is 191 cm³/mol. The summed E-state index contributed by atoms with van der Waals surface area (Å²) in [5.74, 6) is -0.738. The third kappa shape index (κ3) is 10.9. The maximum Gasteiger partial charge on any atom is 0.343 e. The van der Waals surface area contributed by atoms with E-state index in [4.69, 9.17) is 28.4 Å². The highest BCUT2D eigenvalue weighted by molar-refractivity contribution is 5.97. The second-order valence-corrected chi connectivity index (χ2v) is 11.3. The number of esters is 4. The summed E-state index contributed by atoms with van der Waals surface area (Å²) in [6, 6.07) is 20.0. The molecule has 0 unspecified atom stereocenters. The van der Waals surface area contributed by atoms with Crippen molar-refractivity contribution in [1.82, 2.24) is 0 Å². The molecule has 0 aromatic heterocycles. The Bertz CT molecular complexity index is 1930. The zero-order valence-electron chi connectivity index (χ0n) is 29.0. The first-order chi connectivity index (χ1) is 24.6. The Morgan fingerprint density at radius 1 is 0.647 bits per heavy atom. The van der Waals surface area contributed by atoms with Crippen LogP contribution in [0.5, 0.6) is 28.7 Å². The monoisotopic (exact) mass is 696 g/mol. The zero-order valence-corrected chi connectivity index (χ0v) is 29.0. The van der Waals surface area contributed by atoms with Crippen LogP contribution in [0.2, 0.25) is 0 Å². The molecule has 4 aromatic carbocycles. The van der Waals surface area contributed by atoms with Crippen molar-refractivity contribution in [3.8, 4) is 28.7 Å². The minimum Gasteiger partial charge on any atom is -0.494 e. The molecule has 51 heavy (non-hydrogen) atoms. The van der Waals surface area contributed by atoms with Crippen molar-refractivity contribution >= 4 is 40.7 Å². The predicted octanol–water partition coefficient (Wildman–Crippen LogP) is 7.54. The van der Waals surface area contributed by atoms with Crippen LogP contribution in [0.15, 0.2) is 91.0 Å². The summed E-state index contributed by atoms with van der Waals surface area (Å²) in [7, 11) is 4.10. The Hall–Kier alpha value is -6.10. The Balaban J connectivity index is 1.32. The van der Waals surface area contributed by atoms with Crippen molar-refractivity contribution < 1.29 is 52.3 Å². The number of ether oxygens (including phenoxy) is 7. The number of unbranched alkanes of at least 4 members (excludes halogenated alkanes) is 3. The van der Waals surface area contributed by atoms with Gasteiger partial charge in [0, 0.05) is 11.6 Å². The topological polar surface area (TPSA) is 133 Å². The minimum absolute atomic E-state index is 0.120. The molecule has 0 saturated heterocycles. The van der Waals surface area contributed by atoms with Gasteiger partial charge >= 0.3 is 23.9 Å². The number of fused-ring (bicyclic) bond motifs is 1. The summed E-state index contributed by atoms with van der Waals surface area (Å²) in [6.07, 6.45) is 6.33. The quantitative estimate of drug-likeness (QED) is 0.0469. The average molecular weight is 697 g/mol. The molecule has 0 bridgehead atoms. The van der Waals surface area contributed by atoms with Crippen molar-refractivity contribution in [2.24, 2.45) is 0 Å². The van der Waals surface area contributed by atoms with Gasteiger partial charge in [-0.05, 0) is 110 Å². The second-order valence-electron chi connectivity index (χ2n) is 11.3.